The standard InChI is InChI=1S/C15H13BrClN3O3/c16-11-3-1-2-10(8-11)15(21)19-7-6-18-14-5-4-12(20(22)23)9-13(14)17/h1-5,8-9,18H,6-7H2,(H,19,21). The van der Waals surface area contributed by atoms with E-state index in [9.17, 15) is 14.9 Å². The Bertz CT molecular complexity index is 740. The third-order valence-electron chi connectivity index (χ3n) is 2.98. The normalized spacial score (nSPS) is 10.2. The fraction of sp³-hybridized carbons (Fsp3) is 0.133. The maximum atomic E-state index is 11.9. The van der Waals surface area contributed by atoms with Gasteiger partial charge in [0.1, 0.15) is 0 Å². The van der Waals surface area contributed by atoms with Crippen molar-refractivity contribution in [3.8, 4) is 0 Å². The highest BCUT2D eigenvalue weighted by atomic mass is 79.9. The quantitative estimate of drug-likeness (QED) is 0.440. The molecule has 2 N–H and O–H groups in total. The zero-order valence-corrected chi connectivity index (χ0v) is 14.2. The number of carbonyl (C=O) groups excluding carboxylic acids is 1. The lowest BCUT2D eigenvalue weighted by atomic mass is 10.2. The second-order valence-electron chi connectivity index (χ2n) is 4.61. The summed E-state index contributed by atoms with van der Waals surface area (Å²) in [6.45, 7) is 0.829. The summed E-state index contributed by atoms with van der Waals surface area (Å²) in [5, 5.41) is 16.7. The molecule has 1 amide bonds. The van der Waals surface area contributed by atoms with Crippen molar-refractivity contribution >= 4 is 44.8 Å². The smallest absolute Gasteiger partial charge is 0.271 e. The van der Waals surface area contributed by atoms with Gasteiger partial charge in [-0.15, -0.1) is 0 Å². The molecule has 0 unspecified atom stereocenters. The molecular formula is C15H13BrClN3O3. The maximum absolute atomic E-state index is 11.9. The van der Waals surface area contributed by atoms with E-state index >= 15 is 0 Å². The van der Waals surface area contributed by atoms with Gasteiger partial charge in [-0.25, -0.2) is 0 Å². The largest absolute Gasteiger partial charge is 0.382 e. The van der Waals surface area contributed by atoms with Crippen LogP contribution in [0.4, 0.5) is 11.4 Å². The molecule has 6 nitrogen and oxygen atoms in total. The van der Waals surface area contributed by atoms with Crippen LogP contribution in [0.15, 0.2) is 46.9 Å². The molecular weight excluding hydrogens is 386 g/mol. The molecule has 0 atom stereocenters. The van der Waals surface area contributed by atoms with Gasteiger partial charge in [0.25, 0.3) is 11.6 Å². The van der Waals surface area contributed by atoms with E-state index < -0.39 is 4.92 Å². The topological polar surface area (TPSA) is 84.3 Å². The molecule has 2 aromatic carbocycles. The van der Waals surface area contributed by atoms with Crippen molar-refractivity contribution in [1.29, 1.82) is 0 Å². The summed E-state index contributed by atoms with van der Waals surface area (Å²) in [7, 11) is 0. The Morgan fingerprint density at radius 2 is 2.00 bits per heavy atom. The van der Waals surface area contributed by atoms with Gasteiger partial charge in [0, 0.05) is 35.3 Å². The highest BCUT2D eigenvalue weighted by molar-refractivity contribution is 9.10. The summed E-state index contributed by atoms with van der Waals surface area (Å²) >= 11 is 9.28. The number of hydrogen-bond acceptors (Lipinski definition) is 4. The number of nitro benzene ring substituents is 1. The zero-order chi connectivity index (χ0) is 16.8. The van der Waals surface area contributed by atoms with E-state index in [0.717, 1.165) is 4.47 Å². The van der Waals surface area contributed by atoms with Crippen molar-refractivity contribution in [2.24, 2.45) is 0 Å². The van der Waals surface area contributed by atoms with Gasteiger partial charge in [-0.1, -0.05) is 33.6 Å². The van der Waals surface area contributed by atoms with Crippen LogP contribution in [-0.4, -0.2) is 23.9 Å². The van der Waals surface area contributed by atoms with Crippen LogP contribution in [-0.2, 0) is 0 Å². The number of nitrogens with one attached hydrogen (secondary N) is 2. The van der Waals surface area contributed by atoms with E-state index in [4.69, 9.17) is 11.6 Å². The van der Waals surface area contributed by atoms with Crippen molar-refractivity contribution < 1.29 is 9.72 Å². The van der Waals surface area contributed by atoms with Crippen LogP contribution in [0.3, 0.4) is 0 Å². The molecule has 120 valence electrons. The SMILES string of the molecule is O=C(NCCNc1ccc([N+](=O)[O-])cc1Cl)c1cccc(Br)c1. The summed E-state index contributed by atoms with van der Waals surface area (Å²) in [6, 6.07) is 11.3. The van der Waals surface area contributed by atoms with Crippen molar-refractivity contribution in [1.82, 2.24) is 5.32 Å². The van der Waals surface area contributed by atoms with Crippen molar-refractivity contribution in [3.63, 3.8) is 0 Å². The van der Waals surface area contributed by atoms with E-state index in [0.29, 0.717) is 24.3 Å². The number of nitrogens with zero attached hydrogens (tertiary/aromatic N) is 1. The molecule has 0 heterocycles. The Labute approximate surface area is 146 Å². The second-order valence-corrected chi connectivity index (χ2v) is 5.94. The molecule has 0 saturated carbocycles. The summed E-state index contributed by atoms with van der Waals surface area (Å²) in [4.78, 5) is 22.1. The number of non-ortho nitro benzene ring substituents is 1. The molecule has 0 fully saturated rings. The minimum absolute atomic E-state index is 0.0662. The van der Waals surface area contributed by atoms with Gasteiger partial charge in [0.05, 0.1) is 15.6 Å². The lowest BCUT2D eigenvalue weighted by Crippen LogP contribution is -2.28. The highest BCUT2D eigenvalue weighted by Gasteiger charge is 2.09. The van der Waals surface area contributed by atoms with Gasteiger partial charge in [0.15, 0.2) is 0 Å². The number of halogens is 2. The zero-order valence-electron chi connectivity index (χ0n) is 11.9. The third-order valence-corrected chi connectivity index (χ3v) is 3.78. The molecule has 0 aliphatic carbocycles. The van der Waals surface area contributed by atoms with Crippen LogP contribution < -0.4 is 10.6 Å². The van der Waals surface area contributed by atoms with E-state index in [1.807, 2.05) is 6.07 Å². The lowest BCUT2D eigenvalue weighted by Gasteiger charge is -2.09. The third kappa shape index (κ3) is 4.94. The summed E-state index contributed by atoms with van der Waals surface area (Å²) in [6.07, 6.45) is 0. The van der Waals surface area contributed by atoms with Gasteiger partial charge >= 0.3 is 0 Å². The van der Waals surface area contributed by atoms with Gasteiger partial charge in [0.2, 0.25) is 0 Å². The van der Waals surface area contributed by atoms with Gasteiger partial charge in [-0.05, 0) is 24.3 Å². The number of carbonyl (C=O) groups is 1. The Morgan fingerprint density at radius 1 is 1.22 bits per heavy atom. The second kappa shape index (κ2) is 7.94. The molecule has 2 aromatic rings. The van der Waals surface area contributed by atoms with Gasteiger partial charge in [-0.3, -0.25) is 14.9 Å². The van der Waals surface area contributed by atoms with Crippen LogP contribution in [0, 0.1) is 10.1 Å². The molecule has 0 aliphatic rings. The van der Waals surface area contributed by atoms with Crippen LogP contribution in [0.5, 0.6) is 0 Å². The molecule has 0 spiro atoms. The van der Waals surface area contributed by atoms with Crippen LogP contribution in [0.1, 0.15) is 10.4 Å². The van der Waals surface area contributed by atoms with Crippen molar-refractivity contribution in [3.05, 3.63) is 67.6 Å². The van der Waals surface area contributed by atoms with E-state index in [1.54, 1.807) is 18.2 Å². The van der Waals surface area contributed by atoms with E-state index in [-0.39, 0.29) is 16.6 Å². The molecule has 0 radical (unpaired) electrons. The molecule has 0 aromatic heterocycles. The van der Waals surface area contributed by atoms with E-state index in [1.165, 1.54) is 18.2 Å². The molecule has 8 heteroatoms. The minimum Gasteiger partial charge on any atom is -0.382 e. The minimum atomic E-state index is -0.506. The molecule has 0 bridgehead atoms. The van der Waals surface area contributed by atoms with E-state index in [2.05, 4.69) is 26.6 Å². The predicted octanol–water partition coefficient (Wildman–Crippen LogP) is 3.85. The average Bonchev–Trinajstić information content (AvgIpc) is 2.52. The summed E-state index contributed by atoms with van der Waals surface area (Å²) in [5.41, 5.74) is 1.07. The Morgan fingerprint density at radius 3 is 2.65 bits per heavy atom. The molecule has 23 heavy (non-hydrogen) atoms. The van der Waals surface area contributed by atoms with Crippen molar-refractivity contribution in [2.75, 3.05) is 18.4 Å². The van der Waals surface area contributed by atoms with Gasteiger partial charge in [-0.2, -0.15) is 0 Å². The average molecular weight is 399 g/mol. The number of benzene rings is 2. The van der Waals surface area contributed by atoms with Gasteiger partial charge < -0.3 is 10.6 Å². The molecule has 2 rings (SSSR count). The number of anilines is 1. The fourth-order valence-electron chi connectivity index (χ4n) is 1.87. The van der Waals surface area contributed by atoms with Crippen molar-refractivity contribution in [2.45, 2.75) is 0 Å². The number of nitro groups is 1. The Kier molecular flexibility index (Phi) is 5.95. The Hall–Kier alpha value is -2.12. The predicted molar refractivity (Wildman–Crippen MR) is 93.1 cm³/mol. The highest BCUT2D eigenvalue weighted by Crippen LogP contribution is 2.26. The maximum Gasteiger partial charge on any atom is 0.271 e. The van der Waals surface area contributed by atoms with Crippen LogP contribution in [0.2, 0.25) is 5.02 Å². The Balaban J connectivity index is 1.83. The number of amides is 1. The summed E-state index contributed by atoms with van der Waals surface area (Å²) < 4.78 is 0.834. The number of hydrogen-bond donors (Lipinski definition) is 2. The van der Waals surface area contributed by atoms with Crippen LogP contribution in [0.25, 0.3) is 0 Å². The lowest BCUT2D eigenvalue weighted by molar-refractivity contribution is -0.384. The first-order valence-electron chi connectivity index (χ1n) is 6.69. The first-order chi connectivity index (χ1) is 11.0. The number of rotatable bonds is 6. The van der Waals surface area contributed by atoms with Crippen LogP contribution >= 0.6 is 27.5 Å². The molecule has 0 saturated heterocycles. The first-order valence-corrected chi connectivity index (χ1v) is 7.86. The first kappa shape index (κ1) is 17.2. The fourth-order valence-corrected chi connectivity index (χ4v) is 2.51. The summed E-state index contributed by atoms with van der Waals surface area (Å²) in [5.74, 6) is -0.178. The monoisotopic (exact) mass is 397 g/mol. The molecule has 0 aliphatic heterocycles.